The number of aryl methyl sites for hydroxylation is 1. The van der Waals surface area contributed by atoms with Crippen LogP contribution in [0.4, 0.5) is 5.95 Å². The topological polar surface area (TPSA) is 93.2 Å². The van der Waals surface area contributed by atoms with Crippen LogP contribution in [0, 0.1) is 6.92 Å². The fourth-order valence-electron chi connectivity index (χ4n) is 4.39. The number of hydrogen-bond acceptors (Lipinski definition) is 6. The molecule has 0 unspecified atom stereocenters. The molecule has 0 amide bonds. The number of hydrogen-bond donors (Lipinski definition) is 2. The number of aromatic nitrogens is 6. The first-order valence-corrected chi connectivity index (χ1v) is 9.99. The summed E-state index contributed by atoms with van der Waals surface area (Å²) in [7, 11) is 0. The minimum absolute atomic E-state index is 0.212. The van der Waals surface area contributed by atoms with E-state index in [1.165, 1.54) is 0 Å². The Morgan fingerprint density at radius 3 is 2.72 bits per heavy atom. The van der Waals surface area contributed by atoms with Crippen molar-refractivity contribution in [2.24, 2.45) is 0 Å². The number of imidazole rings is 1. The van der Waals surface area contributed by atoms with Gasteiger partial charge in [-0.25, -0.2) is 19.5 Å². The third kappa shape index (κ3) is 3.04. The Morgan fingerprint density at radius 1 is 1.21 bits per heavy atom. The highest BCUT2D eigenvalue weighted by molar-refractivity contribution is 5.85. The first-order chi connectivity index (χ1) is 13.8. The maximum atomic E-state index is 9.90. The van der Waals surface area contributed by atoms with Crippen LogP contribution in [-0.4, -0.2) is 45.9 Å². The molecule has 0 radical (unpaired) electrons. The molecule has 29 heavy (non-hydrogen) atoms. The van der Waals surface area contributed by atoms with Gasteiger partial charge in [-0.05, 0) is 52.7 Å². The molecule has 1 aliphatic rings. The molecule has 2 N–H and O–H groups in total. The summed E-state index contributed by atoms with van der Waals surface area (Å²) in [6, 6.07) is 4.70. The maximum Gasteiger partial charge on any atom is 0.241 e. The molecule has 1 saturated carbocycles. The van der Waals surface area contributed by atoms with Crippen molar-refractivity contribution in [3.63, 3.8) is 0 Å². The number of nitrogens with one attached hydrogen (secondary N) is 1. The third-order valence-electron chi connectivity index (χ3n) is 5.67. The number of fused-ring (bicyclic) bond motifs is 2. The van der Waals surface area contributed by atoms with E-state index in [9.17, 15) is 5.11 Å². The van der Waals surface area contributed by atoms with E-state index >= 15 is 0 Å². The van der Waals surface area contributed by atoms with Crippen molar-refractivity contribution >= 4 is 22.6 Å². The van der Waals surface area contributed by atoms with Crippen molar-refractivity contribution in [2.45, 2.75) is 58.2 Å². The van der Waals surface area contributed by atoms with Crippen molar-refractivity contribution in [2.75, 3.05) is 5.32 Å². The SMILES string of the molecule is Cc1nc2ncc(-c3ccn4nc(NC5CC(C)(O)C5)ncc34)cc2n1C(C)C. The standard InChI is InChI=1S/C21H25N7O/c1-12(2)28-13(3)24-19-17(28)7-14(10-22-19)16-5-6-27-18(16)11-23-20(26-27)25-15-8-21(4,29)9-15/h5-7,10-12,15,29H,8-9H2,1-4H3,(H,25,26). The van der Waals surface area contributed by atoms with Gasteiger partial charge in [-0.15, -0.1) is 5.10 Å². The Kier molecular flexibility index (Phi) is 3.89. The fraction of sp³-hybridized carbons (Fsp3) is 0.429. The van der Waals surface area contributed by atoms with E-state index < -0.39 is 5.60 Å². The second kappa shape index (κ2) is 6.25. The van der Waals surface area contributed by atoms with Gasteiger partial charge in [-0.3, -0.25) is 0 Å². The van der Waals surface area contributed by atoms with Crippen LogP contribution < -0.4 is 5.32 Å². The van der Waals surface area contributed by atoms with Crippen LogP contribution >= 0.6 is 0 Å². The van der Waals surface area contributed by atoms with Crippen LogP contribution in [0.15, 0.2) is 30.7 Å². The average molecular weight is 391 g/mol. The minimum atomic E-state index is -0.575. The second-order valence-corrected chi connectivity index (χ2v) is 8.58. The van der Waals surface area contributed by atoms with E-state index in [-0.39, 0.29) is 6.04 Å². The maximum absolute atomic E-state index is 9.90. The summed E-state index contributed by atoms with van der Waals surface area (Å²) >= 11 is 0. The Bertz CT molecular complexity index is 1210. The summed E-state index contributed by atoms with van der Waals surface area (Å²) in [5.74, 6) is 1.54. The second-order valence-electron chi connectivity index (χ2n) is 8.58. The molecule has 0 aromatic carbocycles. The van der Waals surface area contributed by atoms with Crippen molar-refractivity contribution in [1.29, 1.82) is 0 Å². The van der Waals surface area contributed by atoms with Gasteiger partial charge in [0, 0.05) is 35.6 Å². The van der Waals surface area contributed by atoms with Crippen LogP contribution in [0.3, 0.4) is 0 Å². The van der Waals surface area contributed by atoms with Gasteiger partial charge in [0.15, 0.2) is 5.65 Å². The lowest BCUT2D eigenvalue weighted by Crippen LogP contribution is -2.48. The summed E-state index contributed by atoms with van der Waals surface area (Å²) in [5.41, 5.74) is 4.19. The van der Waals surface area contributed by atoms with Crippen LogP contribution in [0.5, 0.6) is 0 Å². The van der Waals surface area contributed by atoms with E-state index in [2.05, 4.69) is 49.8 Å². The lowest BCUT2D eigenvalue weighted by atomic mass is 9.77. The predicted octanol–water partition coefficient (Wildman–Crippen LogP) is 3.36. The molecule has 8 nitrogen and oxygen atoms in total. The van der Waals surface area contributed by atoms with Crippen molar-refractivity contribution in [3.8, 4) is 11.1 Å². The van der Waals surface area contributed by atoms with Crippen LogP contribution in [0.1, 0.15) is 45.5 Å². The van der Waals surface area contributed by atoms with E-state index in [0.717, 1.165) is 33.6 Å². The van der Waals surface area contributed by atoms with Crippen LogP contribution in [0.25, 0.3) is 27.8 Å². The number of rotatable bonds is 4. The van der Waals surface area contributed by atoms with Crippen molar-refractivity contribution < 1.29 is 5.11 Å². The molecule has 8 heteroatoms. The summed E-state index contributed by atoms with van der Waals surface area (Å²) < 4.78 is 4.03. The summed E-state index contributed by atoms with van der Waals surface area (Å²) in [5, 5.41) is 17.8. The highest BCUT2D eigenvalue weighted by Crippen LogP contribution is 2.33. The van der Waals surface area contributed by atoms with E-state index in [1.54, 1.807) is 0 Å². The molecular formula is C21H25N7O. The minimum Gasteiger partial charge on any atom is -0.390 e. The highest BCUT2D eigenvalue weighted by Gasteiger charge is 2.38. The largest absolute Gasteiger partial charge is 0.390 e. The molecular weight excluding hydrogens is 366 g/mol. The fourth-order valence-corrected chi connectivity index (χ4v) is 4.39. The van der Waals surface area contributed by atoms with Crippen molar-refractivity contribution in [1.82, 2.24) is 29.1 Å². The molecule has 0 atom stereocenters. The summed E-state index contributed by atoms with van der Waals surface area (Å²) in [6.45, 7) is 8.17. The van der Waals surface area contributed by atoms with Crippen LogP contribution in [-0.2, 0) is 0 Å². The lowest BCUT2D eigenvalue weighted by molar-refractivity contribution is -0.0236. The van der Waals surface area contributed by atoms with Gasteiger partial charge in [0.25, 0.3) is 0 Å². The molecule has 4 aromatic rings. The van der Waals surface area contributed by atoms with Crippen LogP contribution in [0.2, 0.25) is 0 Å². The summed E-state index contributed by atoms with van der Waals surface area (Å²) in [4.78, 5) is 13.6. The van der Waals surface area contributed by atoms with Gasteiger partial charge >= 0.3 is 0 Å². The highest BCUT2D eigenvalue weighted by atomic mass is 16.3. The predicted molar refractivity (Wildman–Crippen MR) is 112 cm³/mol. The van der Waals surface area contributed by atoms with Gasteiger partial charge in [0.05, 0.1) is 22.8 Å². The molecule has 1 fully saturated rings. The smallest absolute Gasteiger partial charge is 0.241 e. The van der Waals surface area contributed by atoms with Gasteiger partial charge in [0.1, 0.15) is 5.82 Å². The Balaban J connectivity index is 1.50. The first kappa shape index (κ1) is 18.1. The number of anilines is 1. The molecule has 0 spiro atoms. The number of aliphatic hydroxyl groups is 1. The zero-order chi connectivity index (χ0) is 20.3. The summed E-state index contributed by atoms with van der Waals surface area (Å²) in [6.07, 6.45) is 7.04. The molecule has 1 aliphatic carbocycles. The van der Waals surface area contributed by atoms with Gasteiger partial charge in [-0.1, -0.05) is 0 Å². The van der Waals surface area contributed by atoms with Gasteiger partial charge < -0.3 is 15.0 Å². The van der Waals surface area contributed by atoms with E-state index in [1.807, 2.05) is 43.0 Å². The lowest BCUT2D eigenvalue weighted by Gasteiger charge is -2.41. The molecule has 4 heterocycles. The zero-order valence-electron chi connectivity index (χ0n) is 17.1. The third-order valence-corrected chi connectivity index (χ3v) is 5.67. The average Bonchev–Trinajstić information content (AvgIpc) is 3.19. The molecule has 0 saturated heterocycles. The molecule has 0 bridgehead atoms. The van der Waals surface area contributed by atoms with Gasteiger partial charge in [0.2, 0.25) is 5.95 Å². The Labute approximate surface area is 168 Å². The van der Waals surface area contributed by atoms with Gasteiger partial charge in [-0.2, -0.15) is 0 Å². The number of pyridine rings is 1. The molecule has 150 valence electrons. The van der Waals surface area contributed by atoms with E-state index in [4.69, 9.17) is 0 Å². The first-order valence-electron chi connectivity index (χ1n) is 9.99. The Hall–Kier alpha value is -3.00. The molecule has 4 aromatic heterocycles. The number of nitrogens with zero attached hydrogens (tertiary/aromatic N) is 6. The molecule has 0 aliphatic heterocycles. The molecule has 5 rings (SSSR count). The normalized spacial score (nSPS) is 21.8. The zero-order valence-corrected chi connectivity index (χ0v) is 17.1. The quantitative estimate of drug-likeness (QED) is 0.554. The van der Waals surface area contributed by atoms with Crippen molar-refractivity contribution in [3.05, 3.63) is 36.5 Å². The monoisotopic (exact) mass is 391 g/mol. The van der Waals surface area contributed by atoms with E-state index in [0.29, 0.717) is 24.8 Å². The Morgan fingerprint density at radius 2 is 2.00 bits per heavy atom.